The molecule has 40 valence electrons. The van der Waals surface area contributed by atoms with E-state index >= 15 is 0 Å². The maximum absolute atomic E-state index is 10.0. The molecule has 6 heteroatoms. The van der Waals surface area contributed by atoms with Crippen molar-refractivity contribution in [2.24, 2.45) is 4.76 Å². The van der Waals surface area contributed by atoms with Crippen molar-refractivity contribution < 1.29 is 4.57 Å². The molecule has 0 rings (SSSR count). The molecule has 0 aromatic heterocycles. The van der Waals surface area contributed by atoms with Crippen LogP contribution in [0.1, 0.15) is 0 Å². The molecule has 0 atom stereocenters. The third kappa shape index (κ3) is 6.61. The van der Waals surface area contributed by atoms with Gasteiger partial charge in [-0.25, -0.2) is 0 Å². The molecular formula is CCl2NOPS. The lowest BCUT2D eigenvalue weighted by atomic mass is 11.8. The SMILES string of the molecule is O=P(Cl)(Cl)N=C=S. The zero-order chi connectivity index (χ0) is 5.91. The Morgan fingerprint density at radius 1 is 1.71 bits per heavy atom. The molecule has 0 aliphatic rings. The normalized spacial score (nSPS) is 10.0. The number of hydrogen-bond acceptors (Lipinski definition) is 2. The average Bonchev–Trinajstić information content (AvgIpc) is 1.30. The lowest BCUT2D eigenvalue weighted by molar-refractivity contribution is 0.594. The van der Waals surface area contributed by atoms with Crippen LogP contribution < -0.4 is 0 Å². The third-order valence-corrected chi connectivity index (χ3v) is 1.17. The Morgan fingerprint density at radius 2 is 2.14 bits per heavy atom. The second kappa shape index (κ2) is 2.81. The van der Waals surface area contributed by atoms with Gasteiger partial charge >= 0.3 is 6.00 Å². The summed E-state index contributed by atoms with van der Waals surface area (Å²) in [4.78, 5) is 0. The van der Waals surface area contributed by atoms with Crippen LogP contribution in [0.5, 0.6) is 0 Å². The van der Waals surface area contributed by atoms with Gasteiger partial charge in [0.1, 0.15) is 0 Å². The monoisotopic (exact) mass is 175 g/mol. The maximum atomic E-state index is 10.0. The van der Waals surface area contributed by atoms with Crippen LogP contribution in [0.25, 0.3) is 0 Å². The first-order chi connectivity index (χ1) is 3.06. The molecule has 0 aliphatic carbocycles. The predicted octanol–water partition coefficient (Wildman–Crippen LogP) is 2.67. The van der Waals surface area contributed by atoms with Gasteiger partial charge in [0.25, 0.3) is 0 Å². The van der Waals surface area contributed by atoms with E-state index in [0.717, 1.165) is 0 Å². The largest absolute Gasteiger partial charge is 0.372 e. The van der Waals surface area contributed by atoms with Crippen molar-refractivity contribution in [2.45, 2.75) is 0 Å². The first-order valence-corrected chi connectivity index (χ1v) is 5.03. The molecule has 0 saturated heterocycles. The highest BCUT2D eigenvalue weighted by molar-refractivity contribution is 8.07. The Balaban J connectivity index is 4.10. The van der Waals surface area contributed by atoms with Crippen LogP contribution in [0, 0.1) is 0 Å². The molecule has 0 aliphatic heterocycles. The van der Waals surface area contributed by atoms with Crippen LogP contribution in [-0.4, -0.2) is 5.16 Å². The Labute approximate surface area is 55.5 Å². The molecule has 0 fully saturated rings. The fourth-order valence-electron chi connectivity index (χ4n) is 0.0475. The topological polar surface area (TPSA) is 29.4 Å². The Hall–Kier alpha value is 0.610. The van der Waals surface area contributed by atoms with Gasteiger partial charge in [-0.1, -0.05) is 0 Å². The van der Waals surface area contributed by atoms with E-state index in [-0.39, 0.29) is 0 Å². The number of isothiocyanates is 1. The van der Waals surface area contributed by atoms with Gasteiger partial charge < -0.3 is 0 Å². The van der Waals surface area contributed by atoms with Crippen molar-refractivity contribution >= 4 is 45.9 Å². The van der Waals surface area contributed by atoms with E-state index in [4.69, 9.17) is 22.5 Å². The number of hydrogen-bond donors (Lipinski definition) is 0. The summed E-state index contributed by atoms with van der Waals surface area (Å²) in [5, 5.41) is 1.79. The molecule has 0 N–H and O–H groups in total. The van der Waals surface area contributed by atoms with Gasteiger partial charge in [-0.3, -0.25) is 4.57 Å². The summed E-state index contributed by atoms with van der Waals surface area (Å²) in [5.74, 6) is -3.31. The quantitative estimate of drug-likeness (QED) is 0.349. The standard InChI is InChI=1S/CCl2NOPS/c2-6(3,5)4-1-7. The van der Waals surface area contributed by atoms with Gasteiger partial charge in [0.05, 0.1) is 5.16 Å². The minimum atomic E-state index is -3.31. The fourth-order valence-corrected chi connectivity index (χ4v) is 0.983. The Morgan fingerprint density at radius 3 is 2.14 bits per heavy atom. The molecule has 7 heavy (non-hydrogen) atoms. The first-order valence-electron chi connectivity index (χ1n) is 1.15. The zero-order valence-electron chi connectivity index (χ0n) is 2.97. The Kier molecular flexibility index (Phi) is 3.05. The highest BCUT2D eigenvalue weighted by Crippen LogP contribution is 2.57. The minimum absolute atomic E-state index is 1.79. The van der Waals surface area contributed by atoms with E-state index < -0.39 is 6.00 Å². The van der Waals surface area contributed by atoms with E-state index in [1.54, 1.807) is 5.16 Å². The van der Waals surface area contributed by atoms with E-state index in [1.807, 2.05) is 0 Å². The molecule has 0 spiro atoms. The van der Waals surface area contributed by atoms with E-state index in [2.05, 4.69) is 17.0 Å². The molecule has 0 amide bonds. The molecule has 0 aromatic carbocycles. The van der Waals surface area contributed by atoms with Crippen LogP contribution in [-0.2, 0) is 4.57 Å². The van der Waals surface area contributed by atoms with Crippen LogP contribution in [0.4, 0.5) is 0 Å². The summed E-state index contributed by atoms with van der Waals surface area (Å²) < 4.78 is 13.0. The minimum Gasteiger partial charge on any atom is -0.262 e. The van der Waals surface area contributed by atoms with Gasteiger partial charge in [0.2, 0.25) is 0 Å². The molecule has 0 aromatic rings. The van der Waals surface area contributed by atoms with Gasteiger partial charge in [0.15, 0.2) is 0 Å². The van der Waals surface area contributed by atoms with Crippen LogP contribution in [0.3, 0.4) is 0 Å². The first kappa shape index (κ1) is 7.61. The van der Waals surface area contributed by atoms with E-state index in [9.17, 15) is 4.57 Å². The van der Waals surface area contributed by atoms with Crippen LogP contribution >= 0.6 is 40.7 Å². The van der Waals surface area contributed by atoms with Crippen molar-refractivity contribution in [1.82, 2.24) is 0 Å². The number of nitrogens with zero attached hydrogens (tertiary/aromatic N) is 1. The number of rotatable bonds is 1. The summed E-state index contributed by atoms with van der Waals surface area (Å²) >= 11 is 13.8. The van der Waals surface area contributed by atoms with Crippen molar-refractivity contribution in [3.05, 3.63) is 0 Å². The van der Waals surface area contributed by atoms with E-state index in [0.29, 0.717) is 0 Å². The molecule has 0 radical (unpaired) electrons. The summed E-state index contributed by atoms with van der Waals surface area (Å²) in [6.45, 7) is 0. The maximum Gasteiger partial charge on any atom is 0.372 e. The van der Waals surface area contributed by atoms with Gasteiger partial charge in [0, 0.05) is 0 Å². The van der Waals surface area contributed by atoms with Gasteiger partial charge in [-0.15, -0.1) is 4.76 Å². The van der Waals surface area contributed by atoms with E-state index in [1.165, 1.54) is 0 Å². The average molecular weight is 176 g/mol. The number of thiocarbonyl (C=S) groups is 1. The molecule has 0 bridgehead atoms. The Bertz CT molecular complexity index is 146. The smallest absolute Gasteiger partial charge is 0.262 e. The van der Waals surface area contributed by atoms with Crippen molar-refractivity contribution in [3.63, 3.8) is 0 Å². The van der Waals surface area contributed by atoms with Crippen LogP contribution in [0.2, 0.25) is 0 Å². The fraction of sp³-hybridized carbons (Fsp3) is 0. The summed E-state index contributed by atoms with van der Waals surface area (Å²) in [6.07, 6.45) is 0. The van der Waals surface area contributed by atoms with Crippen molar-refractivity contribution in [2.75, 3.05) is 0 Å². The van der Waals surface area contributed by atoms with Crippen molar-refractivity contribution in [1.29, 1.82) is 0 Å². The lowest BCUT2D eigenvalue weighted by Crippen LogP contribution is -1.42. The van der Waals surface area contributed by atoms with Gasteiger partial charge in [-0.05, 0) is 34.7 Å². The number of halogens is 2. The molecule has 0 heterocycles. The molecule has 2 nitrogen and oxygen atoms in total. The second-order valence-electron chi connectivity index (χ2n) is 0.626. The zero-order valence-corrected chi connectivity index (χ0v) is 6.19. The second-order valence-corrected chi connectivity index (χ2v) is 5.15. The molecule has 0 saturated carbocycles. The highest BCUT2D eigenvalue weighted by Gasteiger charge is 2.07. The van der Waals surface area contributed by atoms with Gasteiger partial charge in [-0.2, -0.15) is 0 Å². The summed E-state index contributed by atoms with van der Waals surface area (Å²) in [5.41, 5.74) is 0. The molecular weight excluding hydrogens is 176 g/mol. The molecule has 0 unspecified atom stereocenters. The van der Waals surface area contributed by atoms with Crippen molar-refractivity contribution in [3.8, 4) is 0 Å². The third-order valence-electron chi connectivity index (χ3n) is 0.157. The highest BCUT2D eigenvalue weighted by atomic mass is 35.9. The van der Waals surface area contributed by atoms with Crippen LogP contribution in [0.15, 0.2) is 4.76 Å². The lowest BCUT2D eigenvalue weighted by Gasteiger charge is -1.81. The predicted molar refractivity (Wildman–Crippen MR) is 34.3 cm³/mol. The summed E-state index contributed by atoms with van der Waals surface area (Å²) in [6, 6.07) is 0. The summed E-state index contributed by atoms with van der Waals surface area (Å²) in [7, 11) is 0.